The Hall–Kier alpha value is -0.0800. The maximum Gasteiger partial charge on any atom is 0.0254 e. The average molecular weight is 272 g/mol. The number of piperidine rings is 4. The molecule has 4 saturated carbocycles. The first-order valence-electron chi connectivity index (χ1n) is 9.40. The van der Waals surface area contributed by atoms with Crippen molar-refractivity contribution < 1.29 is 0 Å². The Bertz CT molecular complexity index is 335. The maximum atomic E-state index is 3.00. The predicted molar refractivity (Wildman–Crippen MR) is 79.0 cm³/mol. The van der Waals surface area contributed by atoms with Gasteiger partial charge in [0, 0.05) is 24.2 Å². The molecule has 0 aromatic carbocycles. The van der Waals surface area contributed by atoms with Crippen LogP contribution >= 0.6 is 0 Å². The zero-order valence-corrected chi connectivity index (χ0v) is 12.6. The summed E-state index contributed by atoms with van der Waals surface area (Å²) in [4.78, 5) is 0. The Morgan fingerprint density at radius 2 is 0.600 bits per heavy atom. The smallest absolute Gasteiger partial charge is 0.0254 e. The molecule has 8 bridgehead atoms. The number of hydrogen-bond acceptors (Lipinski definition) is 2. The third kappa shape index (κ3) is 1.43. The van der Waals surface area contributed by atoms with Crippen LogP contribution in [-0.2, 0) is 0 Å². The van der Waals surface area contributed by atoms with Crippen LogP contribution in [0.3, 0.4) is 0 Å². The van der Waals surface area contributed by atoms with Crippen molar-refractivity contribution in [3.63, 3.8) is 0 Å². The minimum atomic E-state index is 0.948. The van der Waals surface area contributed by atoms with E-state index in [9.17, 15) is 0 Å². The summed E-state index contributed by atoms with van der Waals surface area (Å²) in [6, 6.07) is 3.79. The molecule has 4 aliphatic heterocycles. The molecular weight excluding hydrogens is 244 g/mol. The summed E-state index contributed by atoms with van der Waals surface area (Å²) in [5.41, 5.74) is 0. The molecule has 110 valence electrons. The van der Waals surface area contributed by atoms with Crippen molar-refractivity contribution in [2.45, 2.75) is 88.4 Å². The second-order valence-corrected chi connectivity index (χ2v) is 9.20. The summed E-state index contributed by atoms with van der Waals surface area (Å²) in [5.74, 6) is 4.41. The van der Waals surface area contributed by atoms with Gasteiger partial charge >= 0.3 is 0 Å². The van der Waals surface area contributed by atoms with Gasteiger partial charge in [0.15, 0.2) is 0 Å². The van der Waals surface area contributed by atoms with E-state index in [-0.39, 0.29) is 0 Å². The van der Waals surface area contributed by atoms with Crippen molar-refractivity contribution in [3.8, 4) is 0 Å². The van der Waals surface area contributed by atoms with Gasteiger partial charge in [0.05, 0.1) is 0 Å². The van der Waals surface area contributed by atoms with Crippen molar-refractivity contribution in [1.29, 1.82) is 0 Å². The number of fused-ring (bicyclic) bond motifs is 1. The number of hydrazine groups is 1. The molecule has 0 unspecified atom stereocenters. The van der Waals surface area contributed by atoms with Crippen LogP contribution < -0.4 is 0 Å². The van der Waals surface area contributed by atoms with Crippen LogP contribution in [0.1, 0.15) is 64.2 Å². The van der Waals surface area contributed by atoms with Gasteiger partial charge in [-0.3, -0.25) is 0 Å². The van der Waals surface area contributed by atoms with E-state index in [4.69, 9.17) is 0 Å². The highest BCUT2D eigenvalue weighted by molar-refractivity contribution is 5.05. The Balaban J connectivity index is 1.34. The van der Waals surface area contributed by atoms with E-state index < -0.39 is 0 Å². The summed E-state index contributed by atoms with van der Waals surface area (Å²) in [5, 5.41) is 6.00. The Morgan fingerprint density at radius 3 is 0.850 bits per heavy atom. The molecule has 8 aliphatic rings. The van der Waals surface area contributed by atoms with Crippen LogP contribution in [0.2, 0.25) is 0 Å². The molecule has 8 fully saturated rings. The summed E-state index contributed by atoms with van der Waals surface area (Å²) < 4.78 is 0. The Morgan fingerprint density at radius 1 is 0.350 bits per heavy atom. The first-order chi connectivity index (χ1) is 9.83. The lowest BCUT2D eigenvalue weighted by Gasteiger charge is -2.66. The van der Waals surface area contributed by atoms with E-state index in [1.54, 1.807) is 12.8 Å². The third-order valence-electron chi connectivity index (χ3n) is 7.94. The minimum absolute atomic E-state index is 0.948. The van der Waals surface area contributed by atoms with Crippen LogP contribution in [-0.4, -0.2) is 34.2 Å². The average Bonchev–Trinajstić information content (AvgIpc) is 2.39. The molecule has 0 atom stereocenters. The Kier molecular flexibility index (Phi) is 2.19. The highest BCUT2D eigenvalue weighted by atomic mass is 15.7. The summed E-state index contributed by atoms with van der Waals surface area (Å²) in [6.07, 6.45) is 15.5. The molecule has 2 nitrogen and oxygen atoms in total. The molecule has 2 heteroatoms. The molecule has 0 N–H and O–H groups in total. The van der Waals surface area contributed by atoms with Gasteiger partial charge in [0.2, 0.25) is 0 Å². The minimum Gasteiger partial charge on any atom is -0.235 e. The second-order valence-electron chi connectivity index (χ2n) is 9.20. The zero-order valence-electron chi connectivity index (χ0n) is 12.6. The van der Waals surface area contributed by atoms with Crippen molar-refractivity contribution >= 4 is 0 Å². The highest BCUT2D eigenvalue weighted by Crippen LogP contribution is 2.55. The fourth-order valence-corrected chi connectivity index (χ4v) is 7.78. The van der Waals surface area contributed by atoms with Crippen LogP contribution in [0.5, 0.6) is 0 Å². The van der Waals surface area contributed by atoms with E-state index in [0.717, 1.165) is 47.8 Å². The van der Waals surface area contributed by atoms with Gasteiger partial charge in [-0.2, -0.15) is 0 Å². The van der Waals surface area contributed by atoms with Gasteiger partial charge < -0.3 is 0 Å². The normalized spacial score (nSPS) is 60.6. The van der Waals surface area contributed by atoms with Crippen molar-refractivity contribution in [1.82, 2.24) is 10.0 Å². The van der Waals surface area contributed by atoms with Gasteiger partial charge in [-0.05, 0) is 87.9 Å². The summed E-state index contributed by atoms with van der Waals surface area (Å²) >= 11 is 0. The van der Waals surface area contributed by atoms with Crippen molar-refractivity contribution in [2.75, 3.05) is 0 Å². The first kappa shape index (κ1) is 11.5. The highest BCUT2D eigenvalue weighted by Gasteiger charge is 2.55. The van der Waals surface area contributed by atoms with Gasteiger partial charge in [0.25, 0.3) is 0 Å². The maximum absolute atomic E-state index is 3.00. The molecule has 20 heavy (non-hydrogen) atoms. The van der Waals surface area contributed by atoms with E-state index in [1.807, 2.05) is 0 Å². The predicted octanol–water partition coefficient (Wildman–Crippen LogP) is 3.43. The second kappa shape index (κ2) is 3.81. The topological polar surface area (TPSA) is 6.48 Å². The lowest BCUT2D eigenvalue weighted by molar-refractivity contribution is -0.251. The van der Waals surface area contributed by atoms with Gasteiger partial charge in [-0.25, -0.2) is 10.0 Å². The standard InChI is InChI=1S/C18H28N2/c1-11-3-15-5-12(1)6-16(4-11)19(15)20-17-7-13-2-14(9-17)10-18(20)8-13/h11-18H,1-10H2. The molecule has 0 amide bonds. The van der Waals surface area contributed by atoms with E-state index in [2.05, 4.69) is 10.0 Å². The fourth-order valence-electron chi connectivity index (χ4n) is 7.78. The van der Waals surface area contributed by atoms with E-state index in [0.29, 0.717) is 0 Å². The number of nitrogens with zero attached hydrogens (tertiary/aromatic N) is 2. The summed E-state index contributed by atoms with van der Waals surface area (Å²) in [7, 11) is 0. The molecule has 8 rings (SSSR count). The van der Waals surface area contributed by atoms with Crippen LogP contribution in [0.25, 0.3) is 0 Å². The Labute approximate surface area is 122 Å². The first-order valence-corrected chi connectivity index (χ1v) is 9.40. The zero-order chi connectivity index (χ0) is 12.8. The van der Waals surface area contributed by atoms with Crippen LogP contribution in [0.15, 0.2) is 0 Å². The number of hydrogen-bond donors (Lipinski definition) is 0. The third-order valence-corrected chi connectivity index (χ3v) is 7.94. The molecule has 0 spiro atoms. The summed E-state index contributed by atoms with van der Waals surface area (Å²) in [6.45, 7) is 0. The van der Waals surface area contributed by atoms with Gasteiger partial charge in [-0.15, -0.1) is 0 Å². The monoisotopic (exact) mass is 272 g/mol. The molecule has 0 aromatic rings. The van der Waals surface area contributed by atoms with Crippen LogP contribution in [0, 0.1) is 23.7 Å². The molecule has 4 saturated heterocycles. The SMILES string of the molecule is C1C2CC3CC1CC(C2)N3N1C2CC3CC(C2)CC1C3. The molecular formula is C18H28N2. The van der Waals surface area contributed by atoms with Crippen molar-refractivity contribution in [2.24, 2.45) is 23.7 Å². The van der Waals surface area contributed by atoms with Crippen LogP contribution in [0.4, 0.5) is 0 Å². The van der Waals surface area contributed by atoms with Gasteiger partial charge in [0.1, 0.15) is 0 Å². The quantitative estimate of drug-likeness (QED) is 0.721. The van der Waals surface area contributed by atoms with Gasteiger partial charge in [-0.1, -0.05) is 0 Å². The van der Waals surface area contributed by atoms with Crippen molar-refractivity contribution in [3.05, 3.63) is 0 Å². The van der Waals surface area contributed by atoms with E-state index >= 15 is 0 Å². The van der Waals surface area contributed by atoms with E-state index in [1.165, 1.54) is 51.4 Å². The number of rotatable bonds is 1. The fraction of sp³-hybridized carbons (Fsp3) is 1.00. The molecule has 4 aliphatic carbocycles. The lowest BCUT2D eigenvalue weighted by Crippen LogP contribution is -2.71. The molecule has 0 radical (unpaired) electrons. The lowest BCUT2D eigenvalue weighted by atomic mass is 9.62. The largest absolute Gasteiger partial charge is 0.235 e. The molecule has 4 heterocycles. The molecule has 0 aromatic heterocycles.